The molecule has 1 saturated heterocycles. The van der Waals surface area contributed by atoms with Crippen molar-refractivity contribution in [2.24, 2.45) is 0 Å². The third-order valence-corrected chi connectivity index (χ3v) is 4.78. The molecule has 2 heterocycles. The second-order valence-corrected chi connectivity index (χ2v) is 10.6. The van der Waals surface area contributed by atoms with E-state index in [9.17, 15) is 5.11 Å². The summed E-state index contributed by atoms with van der Waals surface area (Å²) < 4.78 is 16.6. The number of hydrogen-bond donors (Lipinski definition) is 1. The van der Waals surface area contributed by atoms with Crippen molar-refractivity contribution in [1.82, 2.24) is 4.90 Å². The summed E-state index contributed by atoms with van der Waals surface area (Å²) >= 11 is 1.46. The van der Waals surface area contributed by atoms with E-state index in [2.05, 4.69) is 19.6 Å². The lowest BCUT2D eigenvalue weighted by Crippen LogP contribution is -2.57. The zero-order valence-corrected chi connectivity index (χ0v) is 12.2. The second-order valence-electron chi connectivity index (χ2n) is 5.04. The summed E-state index contributed by atoms with van der Waals surface area (Å²) in [5.41, 5.74) is 0. The van der Waals surface area contributed by atoms with Gasteiger partial charge in [-0.25, -0.2) is 0 Å². The smallest absolute Gasteiger partial charge is 0.226 e. The molecule has 98 valence electrons. The van der Waals surface area contributed by atoms with Crippen LogP contribution in [0.1, 0.15) is 0 Å². The first kappa shape index (κ1) is 13.4. The molecule has 0 aromatic rings. The number of rotatable bonds is 3. The first-order valence-electron chi connectivity index (χ1n) is 5.59. The van der Waals surface area contributed by atoms with Crippen LogP contribution < -0.4 is 0 Å². The van der Waals surface area contributed by atoms with Gasteiger partial charge in [0.2, 0.25) is 5.06 Å². The third-order valence-electron chi connectivity index (χ3n) is 2.56. The molecule has 0 saturated carbocycles. The minimum Gasteiger partial charge on any atom is -0.400 e. The molecule has 2 unspecified atom stereocenters. The van der Waals surface area contributed by atoms with E-state index in [-0.39, 0.29) is 13.4 Å². The summed E-state index contributed by atoms with van der Waals surface area (Å²) in [7, 11) is -1.58. The third kappa shape index (κ3) is 2.86. The first-order chi connectivity index (χ1) is 7.94. The fourth-order valence-corrected chi connectivity index (χ4v) is 3.16. The maximum Gasteiger partial charge on any atom is 0.226 e. The van der Waals surface area contributed by atoms with Gasteiger partial charge in [-0.15, -0.1) is 0 Å². The average Bonchev–Trinajstić information content (AvgIpc) is 2.63. The Kier molecular flexibility index (Phi) is 3.86. The SMILES string of the molecule is C[Si](C)(C)OCN1C=CSC12OCOCC2O. The summed E-state index contributed by atoms with van der Waals surface area (Å²) in [6.45, 7) is 7.33. The van der Waals surface area contributed by atoms with Crippen LogP contribution in [-0.4, -0.2) is 49.6 Å². The van der Waals surface area contributed by atoms with Gasteiger partial charge in [-0.3, -0.25) is 0 Å². The zero-order chi connectivity index (χ0) is 12.5. The van der Waals surface area contributed by atoms with E-state index in [0.717, 1.165) is 0 Å². The molecule has 1 N–H and O–H groups in total. The summed E-state index contributed by atoms with van der Waals surface area (Å²) in [6, 6.07) is 0. The summed E-state index contributed by atoms with van der Waals surface area (Å²) in [4.78, 5) is 1.91. The van der Waals surface area contributed by atoms with Crippen molar-refractivity contribution in [3.8, 4) is 0 Å². The minimum atomic E-state index is -1.58. The molecule has 0 aromatic heterocycles. The van der Waals surface area contributed by atoms with Gasteiger partial charge in [-0.05, 0) is 25.0 Å². The summed E-state index contributed by atoms with van der Waals surface area (Å²) in [5, 5.41) is 11.2. The highest BCUT2D eigenvalue weighted by molar-refractivity contribution is 8.03. The summed E-state index contributed by atoms with van der Waals surface area (Å²) in [6.07, 6.45) is 1.22. The fourth-order valence-electron chi connectivity index (χ4n) is 1.64. The van der Waals surface area contributed by atoms with Crippen LogP contribution >= 0.6 is 11.8 Å². The largest absolute Gasteiger partial charge is 0.400 e. The van der Waals surface area contributed by atoms with Crippen molar-refractivity contribution >= 4 is 20.1 Å². The number of nitrogens with zero attached hydrogens (tertiary/aromatic N) is 1. The van der Waals surface area contributed by atoms with Crippen molar-refractivity contribution in [2.75, 3.05) is 20.1 Å². The summed E-state index contributed by atoms with van der Waals surface area (Å²) in [5.74, 6) is 0. The molecule has 7 heteroatoms. The molecule has 5 nitrogen and oxygen atoms in total. The molecule has 2 aliphatic rings. The molecule has 0 radical (unpaired) electrons. The molecule has 2 rings (SSSR count). The Morgan fingerprint density at radius 2 is 2.35 bits per heavy atom. The van der Waals surface area contributed by atoms with Crippen LogP contribution in [0.25, 0.3) is 0 Å². The predicted molar refractivity (Wildman–Crippen MR) is 68.5 cm³/mol. The van der Waals surface area contributed by atoms with Crippen LogP contribution in [0.3, 0.4) is 0 Å². The van der Waals surface area contributed by atoms with Crippen molar-refractivity contribution < 1.29 is 19.0 Å². The molecular formula is C10H19NO4SSi. The molecule has 2 aliphatic heterocycles. The van der Waals surface area contributed by atoms with Crippen molar-refractivity contribution in [3.05, 3.63) is 11.6 Å². The lowest BCUT2D eigenvalue weighted by molar-refractivity contribution is -0.253. The van der Waals surface area contributed by atoms with E-state index < -0.39 is 19.5 Å². The number of ether oxygens (including phenoxy) is 2. The average molecular weight is 277 g/mol. The van der Waals surface area contributed by atoms with E-state index in [1.54, 1.807) is 0 Å². The van der Waals surface area contributed by atoms with Crippen LogP contribution in [0.4, 0.5) is 0 Å². The van der Waals surface area contributed by atoms with E-state index in [4.69, 9.17) is 13.9 Å². The molecule has 0 amide bonds. The molecular weight excluding hydrogens is 258 g/mol. The Morgan fingerprint density at radius 1 is 1.59 bits per heavy atom. The topological polar surface area (TPSA) is 51.2 Å². The number of hydrogen-bond acceptors (Lipinski definition) is 6. The number of aliphatic hydroxyl groups excluding tert-OH is 1. The van der Waals surface area contributed by atoms with Gasteiger partial charge >= 0.3 is 0 Å². The van der Waals surface area contributed by atoms with Gasteiger partial charge in [0.1, 0.15) is 12.8 Å². The Bertz CT molecular complexity index is 309. The maximum atomic E-state index is 10.1. The lowest BCUT2D eigenvalue weighted by atomic mass is 10.3. The van der Waals surface area contributed by atoms with Crippen LogP contribution in [0.2, 0.25) is 19.6 Å². The monoisotopic (exact) mass is 277 g/mol. The minimum absolute atomic E-state index is 0.204. The van der Waals surface area contributed by atoms with Gasteiger partial charge in [0.25, 0.3) is 0 Å². The van der Waals surface area contributed by atoms with Gasteiger partial charge in [-0.2, -0.15) is 0 Å². The van der Waals surface area contributed by atoms with Crippen LogP contribution in [0, 0.1) is 0 Å². The van der Waals surface area contributed by atoms with Gasteiger partial charge in [0.05, 0.1) is 6.61 Å². The Hall–Kier alpha value is -0.0531. The van der Waals surface area contributed by atoms with Crippen LogP contribution in [0.5, 0.6) is 0 Å². The van der Waals surface area contributed by atoms with E-state index in [0.29, 0.717) is 6.73 Å². The normalized spacial score (nSPS) is 33.6. The van der Waals surface area contributed by atoms with Gasteiger partial charge in [0.15, 0.2) is 15.1 Å². The van der Waals surface area contributed by atoms with Gasteiger partial charge < -0.3 is 23.9 Å². The highest BCUT2D eigenvalue weighted by atomic mass is 32.2. The molecule has 1 spiro atoms. The highest BCUT2D eigenvalue weighted by Crippen LogP contribution is 2.42. The van der Waals surface area contributed by atoms with E-state index in [1.165, 1.54) is 11.8 Å². The maximum absolute atomic E-state index is 10.1. The molecule has 0 aromatic carbocycles. The van der Waals surface area contributed by atoms with Crippen LogP contribution in [0.15, 0.2) is 11.6 Å². The molecule has 0 aliphatic carbocycles. The molecule has 17 heavy (non-hydrogen) atoms. The Morgan fingerprint density at radius 3 is 3.00 bits per heavy atom. The lowest BCUT2D eigenvalue weighted by Gasteiger charge is -2.44. The fraction of sp³-hybridized carbons (Fsp3) is 0.800. The predicted octanol–water partition coefficient (Wildman–Crippen LogP) is 1.33. The molecule has 1 fully saturated rings. The zero-order valence-electron chi connectivity index (χ0n) is 10.4. The Labute approximate surface area is 107 Å². The highest BCUT2D eigenvalue weighted by Gasteiger charge is 2.49. The van der Waals surface area contributed by atoms with E-state index >= 15 is 0 Å². The number of aliphatic hydroxyl groups is 1. The van der Waals surface area contributed by atoms with Crippen LogP contribution in [-0.2, 0) is 13.9 Å². The first-order valence-corrected chi connectivity index (χ1v) is 9.88. The molecule has 2 atom stereocenters. The molecule has 0 bridgehead atoms. The number of thioether (sulfide) groups is 1. The second kappa shape index (κ2) is 4.91. The van der Waals surface area contributed by atoms with Gasteiger partial charge in [0, 0.05) is 6.20 Å². The Balaban J connectivity index is 2.02. The van der Waals surface area contributed by atoms with Crippen molar-refractivity contribution in [3.63, 3.8) is 0 Å². The standard InChI is InChI=1S/C10H19NO4SSi/c1-17(2,3)15-7-11-4-5-16-10(11)9(12)6-13-8-14-10/h4-5,9,12H,6-8H2,1-3H3. The quantitative estimate of drug-likeness (QED) is 0.786. The van der Waals surface area contributed by atoms with Crippen molar-refractivity contribution in [2.45, 2.75) is 30.8 Å². The van der Waals surface area contributed by atoms with E-state index in [1.807, 2.05) is 16.5 Å². The van der Waals surface area contributed by atoms with Crippen molar-refractivity contribution in [1.29, 1.82) is 0 Å². The van der Waals surface area contributed by atoms with Gasteiger partial charge in [-0.1, -0.05) is 11.8 Å².